The summed E-state index contributed by atoms with van der Waals surface area (Å²) in [5.41, 5.74) is 0.836. The van der Waals surface area contributed by atoms with Crippen LogP contribution < -0.4 is 10.6 Å². The van der Waals surface area contributed by atoms with Crippen molar-refractivity contribution >= 4 is 23.4 Å². The first-order valence-corrected chi connectivity index (χ1v) is 5.57. The summed E-state index contributed by atoms with van der Waals surface area (Å²) in [4.78, 5) is 12.4. The molecule has 0 bridgehead atoms. The number of hydrogen-bond acceptors (Lipinski definition) is 3. The monoisotopic (exact) mass is 210 g/mol. The van der Waals surface area contributed by atoms with Crippen LogP contribution in [0.4, 0.5) is 5.69 Å². The fourth-order valence-corrected chi connectivity index (χ4v) is 1.45. The highest BCUT2D eigenvalue weighted by Gasteiger charge is 1.99. The molecular formula is C10H14N2OS. The molecule has 0 radical (unpaired) electrons. The number of rotatable bonds is 4. The van der Waals surface area contributed by atoms with E-state index >= 15 is 0 Å². The summed E-state index contributed by atoms with van der Waals surface area (Å²) in [6.45, 7) is 0.338. The fraction of sp³-hybridized carbons (Fsp3) is 0.300. The largest absolute Gasteiger partial charge is 0.325 e. The van der Waals surface area contributed by atoms with Crippen LogP contribution in [0.15, 0.2) is 29.2 Å². The summed E-state index contributed by atoms with van der Waals surface area (Å²) in [6.07, 6.45) is 2.02. The zero-order valence-electron chi connectivity index (χ0n) is 8.33. The van der Waals surface area contributed by atoms with Crippen molar-refractivity contribution in [3.63, 3.8) is 0 Å². The number of hydrogen-bond donors (Lipinski definition) is 2. The highest BCUT2D eigenvalue weighted by atomic mass is 32.2. The van der Waals surface area contributed by atoms with Crippen LogP contribution in [0.5, 0.6) is 0 Å². The van der Waals surface area contributed by atoms with Crippen LogP contribution in [0.25, 0.3) is 0 Å². The van der Waals surface area contributed by atoms with E-state index < -0.39 is 0 Å². The lowest BCUT2D eigenvalue weighted by molar-refractivity contribution is -0.115. The molecule has 1 aromatic rings. The molecule has 1 amide bonds. The summed E-state index contributed by atoms with van der Waals surface area (Å²) >= 11 is 1.68. The molecule has 76 valence electrons. The molecule has 0 aliphatic carbocycles. The van der Waals surface area contributed by atoms with Crippen molar-refractivity contribution in [3.05, 3.63) is 24.3 Å². The topological polar surface area (TPSA) is 41.1 Å². The van der Waals surface area contributed by atoms with Crippen molar-refractivity contribution in [1.82, 2.24) is 5.32 Å². The van der Waals surface area contributed by atoms with Gasteiger partial charge in [-0.05, 0) is 37.6 Å². The van der Waals surface area contributed by atoms with Crippen molar-refractivity contribution in [2.75, 3.05) is 25.2 Å². The normalized spacial score (nSPS) is 9.86. The minimum atomic E-state index is -0.0237. The predicted octanol–water partition coefficient (Wildman–Crippen LogP) is 1.57. The second-order valence-corrected chi connectivity index (χ2v) is 3.69. The molecule has 0 fully saturated rings. The fourth-order valence-electron chi connectivity index (χ4n) is 1.04. The van der Waals surface area contributed by atoms with Crippen molar-refractivity contribution in [2.45, 2.75) is 4.90 Å². The maximum Gasteiger partial charge on any atom is 0.238 e. The van der Waals surface area contributed by atoms with Crippen molar-refractivity contribution in [2.24, 2.45) is 0 Å². The third-order valence-electron chi connectivity index (χ3n) is 1.71. The third kappa shape index (κ3) is 3.40. The summed E-state index contributed by atoms with van der Waals surface area (Å²) in [7, 11) is 1.75. The molecule has 0 saturated carbocycles. The second-order valence-electron chi connectivity index (χ2n) is 2.81. The summed E-state index contributed by atoms with van der Waals surface area (Å²) in [5.74, 6) is -0.0237. The number of nitrogens with one attached hydrogen (secondary N) is 2. The van der Waals surface area contributed by atoms with Gasteiger partial charge in [-0.25, -0.2) is 0 Å². The average Bonchev–Trinajstić information content (AvgIpc) is 2.19. The Kier molecular flexibility index (Phi) is 4.49. The van der Waals surface area contributed by atoms with E-state index in [1.54, 1.807) is 18.8 Å². The van der Waals surface area contributed by atoms with E-state index in [0.29, 0.717) is 6.54 Å². The Balaban J connectivity index is 2.55. The first kappa shape index (κ1) is 11.1. The van der Waals surface area contributed by atoms with E-state index in [2.05, 4.69) is 10.6 Å². The molecule has 1 aromatic carbocycles. The molecule has 2 N–H and O–H groups in total. The van der Waals surface area contributed by atoms with Gasteiger partial charge in [0, 0.05) is 10.6 Å². The SMILES string of the molecule is CNCC(=O)Nc1ccc(SC)cc1. The maximum atomic E-state index is 11.2. The van der Waals surface area contributed by atoms with E-state index in [9.17, 15) is 4.79 Å². The van der Waals surface area contributed by atoms with E-state index in [-0.39, 0.29) is 5.91 Å². The Morgan fingerprint density at radius 2 is 2.00 bits per heavy atom. The van der Waals surface area contributed by atoms with Crippen LogP contribution in [0.1, 0.15) is 0 Å². The van der Waals surface area contributed by atoms with Gasteiger partial charge in [0.1, 0.15) is 0 Å². The standard InChI is InChI=1S/C10H14N2OS/c1-11-7-10(13)12-8-3-5-9(14-2)6-4-8/h3-6,11H,7H2,1-2H3,(H,12,13). The number of benzene rings is 1. The van der Waals surface area contributed by atoms with E-state index in [1.807, 2.05) is 30.5 Å². The number of likely N-dealkylation sites (N-methyl/N-ethyl adjacent to an activating group) is 1. The molecule has 0 spiro atoms. The van der Waals surface area contributed by atoms with Crippen LogP contribution in [-0.2, 0) is 4.79 Å². The predicted molar refractivity (Wildman–Crippen MR) is 60.8 cm³/mol. The molecule has 0 aromatic heterocycles. The first-order valence-electron chi connectivity index (χ1n) is 4.34. The molecule has 0 saturated heterocycles. The number of amides is 1. The molecule has 1 rings (SSSR count). The molecule has 0 aliphatic rings. The molecule has 3 nitrogen and oxygen atoms in total. The summed E-state index contributed by atoms with van der Waals surface area (Å²) in [5, 5.41) is 5.58. The Morgan fingerprint density at radius 1 is 1.36 bits per heavy atom. The van der Waals surface area contributed by atoms with Gasteiger partial charge in [-0.15, -0.1) is 11.8 Å². The van der Waals surface area contributed by atoms with Gasteiger partial charge in [-0.3, -0.25) is 4.79 Å². The summed E-state index contributed by atoms with van der Waals surface area (Å²) in [6, 6.07) is 7.78. The van der Waals surface area contributed by atoms with Gasteiger partial charge in [0.25, 0.3) is 0 Å². The lowest BCUT2D eigenvalue weighted by Gasteiger charge is -2.04. The number of carbonyl (C=O) groups is 1. The highest BCUT2D eigenvalue weighted by Crippen LogP contribution is 2.17. The zero-order valence-corrected chi connectivity index (χ0v) is 9.15. The van der Waals surface area contributed by atoms with Gasteiger partial charge < -0.3 is 10.6 Å². The minimum Gasteiger partial charge on any atom is -0.325 e. The number of carbonyl (C=O) groups excluding carboxylic acids is 1. The summed E-state index contributed by atoms with van der Waals surface area (Å²) < 4.78 is 0. The van der Waals surface area contributed by atoms with E-state index in [1.165, 1.54) is 4.90 Å². The Labute approximate surface area is 88.3 Å². The number of thioether (sulfide) groups is 1. The second kappa shape index (κ2) is 5.67. The van der Waals surface area contributed by atoms with Gasteiger partial charge in [0.2, 0.25) is 5.91 Å². The van der Waals surface area contributed by atoms with Gasteiger partial charge >= 0.3 is 0 Å². The lowest BCUT2D eigenvalue weighted by atomic mass is 10.3. The molecule has 0 unspecified atom stereocenters. The van der Waals surface area contributed by atoms with Crippen LogP contribution >= 0.6 is 11.8 Å². The van der Waals surface area contributed by atoms with Crippen LogP contribution in [0, 0.1) is 0 Å². The van der Waals surface area contributed by atoms with Gasteiger partial charge in [-0.2, -0.15) is 0 Å². The van der Waals surface area contributed by atoms with Crippen molar-refractivity contribution in [1.29, 1.82) is 0 Å². The van der Waals surface area contributed by atoms with Crippen molar-refractivity contribution in [3.8, 4) is 0 Å². The van der Waals surface area contributed by atoms with Crippen LogP contribution in [-0.4, -0.2) is 25.8 Å². The molecule has 0 atom stereocenters. The van der Waals surface area contributed by atoms with Crippen LogP contribution in [0.3, 0.4) is 0 Å². The molecular weight excluding hydrogens is 196 g/mol. The third-order valence-corrected chi connectivity index (χ3v) is 2.45. The van der Waals surface area contributed by atoms with Gasteiger partial charge in [0.05, 0.1) is 6.54 Å². The lowest BCUT2D eigenvalue weighted by Crippen LogP contribution is -2.24. The smallest absolute Gasteiger partial charge is 0.238 e. The van der Waals surface area contributed by atoms with E-state index in [0.717, 1.165) is 5.69 Å². The molecule has 4 heteroatoms. The Morgan fingerprint density at radius 3 is 2.50 bits per heavy atom. The number of anilines is 1. The van der Waals surface area contributed by atoms with Crippen molar-refractivity contribution < 1.29 is 4.79 Å². The molecule has 0 heterocycles. The maximum absolute atomic E-state index is 11.2. The average molecular weight is 210 g/mol. The van der Waals surface area contributed by atoms with Crippen LogP contribution in [0.2, 0.25) is 0 Å². The quantitative estimate of drug-likeness (QED) is 0.741. The Hall–Kier alpha value is -1.00. The highest BCUT2D eigenvalue weighted by molar-refractivity contribution is 7.98. The molecule has 14 heavy (non-hydrogen) atoms. The van der Waals surface area contributed by atoms with Gasteiger partial charge in [0.15, 0.2) is 0 Å². The van der Waals surface area contributed by atoms with Gasteiger partial charge in [-0.1, -0.05) is 0 Å². The zero-order chi connectivity index (χ0) is 10.4. The molecule has 0 aliphatic heterocycles. The minimum absolute atomic E-state index is 0.0237. The van der Waals surface area contributed by atoms with E-state index in [4.69, 9.17) is 0 Å². The first-order chi connectivity index (χ1) is 6.76. The Bertz CT molecular complexity index is 297.